The third-order valence-electron chi connectivity index (χ3n) is 3.15. The highest BCUT2D eigenvalue weighted by Crippen LogP contribution is 2.22. The van der Waals surface area contributed by atoms with Gasteiger partial charge in [-0.1, -0.05) is 23.2 Å². The van der Waals surface area contributed by atoms with Gasteiger partial charge >= 0.3 is 0 Å². The minimum atomic E-state index is 0.00562. The molecule has 1 heterocycles. The first-order chi connectivity index (χ1) is 8.58. The number of ether oxygens (including phenoxy) is 1. The van der Waals surface area contributed by atoms with Crippen molar-refractivity contribution in [2.45, 2.75) is 12.5 Å². The van der Waals surface area contributed by atoms with Crippen molar-refractivity contribution in [2.75, 3.05) is 26.8 Å². The van der Waals surface area contributed by atoms with E-state index >= 15 is 0 Å². The van der Waals surface area contributed by atoms with Gasteiger partial charge in [0.15, 0.2) is 5.78 Å². The molecule has 2 rings (SSSR count). The Labute approximate surface area is 117 Å². The van der Waals surface area contributed by atoms with E-state index in [0.717, 1.165) is 13.0 Å². The molecule has 0 spiro atoms. The molecule has 0 aliphatic carbocycles. The molecule has 0 radical (unpaired) electrons. The van der Waals surface area contributed by atoms with Gasteiger partial charge in [0.05, 0.1) is 18.2 Å². The van der Waals surface area contributed by atoms with Crippen molar-refractivity contribution < 1.29 is 9.53 Å². The number of halogens is 2. The van der Waals surface area contributed by atoms with E-state index in [0.29, 0.717) is 34.8 Å². The van der Waals surface area contributed by atoms with E-state index in [1.165, 1.54) is 0 Å². The Kier molecular flexibility index (Phi) is 4.62. The number of Topliss-reactive ketones (excluding diaryl/α,β-unsaturated/α-hetero) is 1. The highest BCUT2D eigenvalue weighted by molar-refractivity contribution is 6.36. The Balaban J connectivity index is 2.02. The Hall–Kier alpha value is -0.610. The van der Waals surface area contributed by atoms with E-state index < -0.39 is 0 Å². The van der Waals surface area contributed by atoms with Crippen molar-refractivity contribution in [1.82, 2.24) is 4.90 Å². The second-order valence-corrected chi connectivity index (χ2v) is 5.32. The van der Waals surface area contributed by atoms with Crippen LogP contribution in [-0.4, -0.2) is 43.5 Å². The van der Waals surface area contributed by atoms with Gasteiger partial charge in [0.2, 0.25) is 0 Å². The Morgan fingerprint density at radius 3 is 2.89 bits per heavy atom. The zero-order chi connectivity index (χ0) is 13.1. The van der Waals surface area contributed by atoms with E-state index in [1.54, 1.807) is 18.2 Å². The summed E-state index contributed by atoms with van der Waals surface area (Å²) in [5, 5.41) is 0.942. The molecule has 5 heteroatoms. The summed E-state index contributed by atoms with van der Waals surface area (Å²) in [7, 11) is 1.93. The third kappa shape index (κ3) is 3.23. The van der Waals surface area contributed by atoms with Crippen molar-refractivity contribution in [2.24, 2.45) is 0 Å². The van der Waals surface area contributed by atoms with E-state index in [2.05, 4.69) is 0 Å². The fourth-order valence-electron chi connectivity index (χ4n) is 2.03. The number of benzene rings is 1. The SMILES string of the molecule is CN(CC(=O)c1ccc(Cl)cc1Cl)C1CCOC1. The molecule has 1 aliphatic rings. The molecule has 0 bridgehead atoms. The van der Waals surface area contributed by atoms with Crippen LogP contribution >= 0.6 is 23.2 Å². The molecule has 1 fully saturated rings. The highest BCUT2D eigenvalue weighted by atomic mass is 35.5. The summed E-state index contributed by atoms with van der Waals surface area (Å²) >= 11 is 11.8. The lowest BCUT2D eigenvalue weighted by Gasteiger charge is -2.22. The summed E-state index contributed by atoms with van der Waals surface area (Å²) in [4.78, 5) is 14.1. The second-order valence-electron chi connectivity index (χ2n) is 4.48. The Bertz CT molecular complexity index is 445. The first kappa shape index (κ1) is 13.8. The number of likely N-dealkylation sites (N-methyl/N-ethyl adjacent to an activating group) is 1. The lowest BCUT2D eigenvalue weighted by Crippen LogP contribution is -2.36. The van der Waals surface area contributed by atoms with Gasteiger partial charge in [0.1, 0.15) is 0 Å². The number of carbonyl (C=O) groups is 1. The molecular formula is C13H15Cl2NO2. The topological polar surface area (TPSA) is 29.5 Å². The average molecular weight is 288 g/mol. The fourth-order valence-corrected chi connectivity index (χ4v) is 2.54. The molecule has 0 amide bonds. The van der Waals surface area contributed by atoms with Crippen molar-refractivity contribution >= 4 is 29.0 Å². The first-order valence-electron chi connectivity index (χ1n) is 5.84. The molecule has 3 nitrogen and oxygen atoms in total. The third-order valence-corrected chi connectivity index (χ3v) is 3.70. The normalized spacial score (nSPS) is 19.4. The molecule has 0 N–H and O–H groups in total. The summed E-state index contributed by atoms with van der Waals surface area (Å²) < 4.78 is 5.31. The number of ketones is 1. The van der Waals surface area contributed by atoms with Crippen LogP contribution in [0, 0.1) is 0 Å². The maximum atomic E-state index is 12.1. The van der Waals surface area contributed by atoms with E-state index in [9.17, 15) is 4.79 Å². The summed E-state index contributed by atoms with van der Waals surface area (Å²) in [6, 6.07) is 5.26. The quantitative estimate of drug-likeness (QED) is 0.798. The van der Waals surface area contributed by atoms with Gasteiger partial charge in [0.25, 0.3) is 0 Å². The molecular weight excluding hydrogens is 273 g/mol. The highest BCUT2D eigenvalue weighted by Gasteiger charge is 2.23. The zero-order valence-electron chi connectivity index (χ0n) is 10.2. The number of carbonyl (C=O) groups excluding carboxylic acids is 1. The Morgan fingerprint density at radius 2 is 2.28 bits per heavy atom. The summed E-state index contributed by atoms with van der Waals surface area (Å²) in [5.74, 6) is 0.00562. The van der Waals surface area contributed by atoms with Crippen LogP contribution in [0.25, 0.3) is 0 Å². The van der Waals surface area contributed by atoms with Crippen molar-refractivity contribution in [3.8, 4) is 0 Å². The van der Waals surface area contributed by atoms with Crippen molar-refractivity contribution in [3.05, 3.63) is 33.8 Å². The van der Waals surface area contributed by atoms with Crippen LogP contribution in [-0.2, 0) is 4.74 Å². The van der Waals surface area contributed by atoms with Gasteiger partial charge in [-0.2, -0.15) is 0 Å². The second kappa shape index (κ2) is 6.02. The van der Waals surface area contributed by atoms with Crippen molar-refractivity contribution in [1.29, 1.82) is 0 Å². The monoisotopic (exact) mass is 287 g/mol. The van der Waals surface area contributed by atoms with Gasteiger partial charge in [0, 0.05) is 23.2 Å². The number of hydrogen-bond acceptors (Lipinski definition) is 3. The standard InChI is InChI=1S/C13H15Cl2NO2/c1-16(10-4-5-18-8-10)7-13(17)11-3-2-9(14)6-12(11)15/h2-3,6,10H,4-5,7-8H2,1H3. The molecule has 18 heavy (non-hydrogen) atoms. The fraction of sp³-hybridized carbons (Fsp3) is 0.462. The molecule has 0 saturated carbocycles. The smallest absolute Gasteiger partial charge is 0.178 e. The first-order valence-corrected chi connectivity index (χ1v) is 6.60. The van der Waals surface area contributed by atoms with Gasteiger partial charge in [-0.05, 0) is 31.7 Å². The van der Waals surface area contributed by atoms with Gasteiger partial charge < -0.3 is 4.74 Å². The maximum Gasteiger partial charge on any atom is 0.178 e. The number of hydrogen-bond donors (Lipinski definition) is 0. The molecule has 1 saturated heterocycles. The molecule has 1 unspecified atom stereocenters. The number of nitrogens with zero attached hydrogens (tertiary/aromatic N) is 1. The summed E-state index contributed by atoms with van der Waals surface area (Å²) in [6.07, 6.45) is 0.970. The predicted octanol–water partition coefficient (Wildman–Crippen LogP) is 2.90. The summed E-state index contributed by atoms with van der Waals surface area (Å²) in [5.41, 5.74) is 0.520. The van der Waals surface area contributed by atoms with Crippen LogP contribution in [0.4, 0.5) is 0 Å². The van der Waals surface area contributed by atoms with E-state index in [-0.39, 0.29) is 5.78 Å². The Morgan fingerprint density at radius 1 is 1.50 bits per heavy atom. The predicted molar refractivity (Wildman–Crippen MR) is 72.6 cm³/mol. The zero-order valence-corrected chi connectivity index (χ0v) is 11.7. The largest absolute Gasteiger partial charge is 0.380 e. The van der Waals surface area contributed by atoms with Gasteiger partial charge in [-0.3, -0.25) is 9.69 Å². The van der Waals surface area contributed by atoms with Crippen LogP contribution in [0.1, 0.15) is 16.8 Å². The lowest BCUT2D eigenvalue weighted by molar-refractivity contribution is 0.0907. The molecule has 98 valence electrons. The lowest BCUT2D eigenvalue weighted by atomic mass is 10.1. The van der Waals surface area contributed by atoms with Crippen molar-refractivity contribution in [3.63, 3.8) is 0 Å². The minimum Gasteiger partial charge on any atom is -0.380 e. The maximum absolute atomic E-state index is 12.1. The summed E-state index contributed by atoms with van der Waals surface area (Å²) in [6.45, 7) is 1.80. The van der Waals surface area contributed by atoms with Gasteiger partial charge in [-0.15, -0.1) is 0 Å². The molecule has 0 aromatic heterocycles. The molecule has 1 aliphatic heterocycles. The molecule has 1 atom stereocenters. The molecule has 1 aromatic rings. The van der Waals surface area contributed by atoms with E-state index in [1.807, 2.05) is 11.9 Å². The van der Waals surface area contributed by atoms with Crippen LogP contribution in [0.15, 0.2) is 18.2 Å². The van der Waals surface area contributed by atoms with Gasteiger partial charge in [-0.25, -0.2) is 0 Å². The van der Waals surface area contributed by atoms with Crippen LogP contribution in [0.5, 0.6) is 0 Å². The van der Waals surface area contributed by atoms with Crippen LogP contribution < -0.4 is 0 Å². The number of rotatable bonds is 4. The van der Waals surface area contributed by atoms with Crippen LogP contribution in [0.2, 0.25) is 10.0 Å². The molecule has 1 aromatic carbocycles. The van der Waals surface area contributed by atoms with Crippen LogP contribution in [0.3, 0.4) is 0 Å². The minimum absolute atomic E-state index is 0.00562. The van der Waals surface area contributed by atoms with E-state index in [4.69, 9.17) is 27.9 Å². The average Bonchev–Trinajstić information content (AvgIpc) is 2.81.